The van der Waals surface area contributed by atoms with E-state index in [9.17, 15) is 4.21 Å². The Morgan fingerprint density at radius 1 is 1.37 bits per heavy atom. The lowest BCUT2D eigenvalue weighted by molar-refractivity contribution is 0.218. The van der Waals surface area contributed by atoms with Gasteiger partial charge >= 0.3 is 0 Å². The van der Waals surface area contributed by atoms with Crippen LogP contribution in [0.4, 0.5) is 0 Å². The van der Waals surface area contributed by atoms with E-state index in [-0.39, 0.29) is 6.04 Å². The van der Waals surface area contributed by atoms with Gasteiger partial charge in [-0.25, -0.2) is 0 Å². The van der Waals surface area contributed by atoms with Gasteiger partial charge in [0.05, 0.1) is 13.2 Å². The molecule has 0 aliphatic carbocycles. The highest BCUT2D eigenvalue weighted by atomic mass is 32.2. The van der Waals surface area contributed by atoms with E-state index < -0.39 is 10.8 Å². The molecule has 1 aromatic rings. The molecule has 108 valence electrons. The number of hydrogen-bond acceptors (Lipinski definition) is 4. The molecule has 2 atom stereocenters. The summed E-state index contributed by atoms with van der Waals surface area (Å²) in [5.74, 6) is 1.98. The molecule has 0 heterocycles. The van der Waals surface area contributed by atoms with Crippen molar-refractivity contribution in [2.45, 2.75) is 13.0 Å². The Hall–Kier alpha value is -0.910. The van der Waals surface area contributed by atoms with E-state index in [0.717, 1.165) is 11.3 Å². The van der Waals surface area contributed by atoms with Crippen LogP contribution in [-0.4, -0.2) is 43.1 Å². The Kier molecular flexibility index (Phi) is 7.70. The fourth-order valence-electron chi connectivity index (χ4n) is 1.83. The van der Waals surface area contributed by atoms with Crippen molar-refractivity contribution in [3.8, 4) is 5.75 Å². The molecule has 0 saturated heterocycles. The molecule has 0 aliphatic heterocycles. The second kappa shape index (κ2) is 9.07. The van der Waals surface area contributed by atoms with Gasteiger partial charge in [-0.1, -0.05) is 18.2 Å². The Labute approximate surface area is 118 Å². The Morgan fingerprint density at radius 2 is 2.11 bits per heavy atom. The topological polar surface area (TPSA) is 47.6 Å². The van der Waals surface area contributed by atoms with Crippen molar-refractivity contribution < 1.29 is 13.7 Å². The summed E-state index contributed by atoms with van der Waals surface area (Å²) in [6.07, 6.45) is 0. The largest absolute Gasteiger partial charge is 0.494 e. The minimum absolute atomic E-state index is 0.0282. The summed E-state index contributed by atoms with van der Waals surface area (Å²) in [4.78, 5) is 0. The van der Waals surface area contributed by atoms with E-state index in [4.69, 9.17) is 9.47 Å². The van der Waals surface area contributed by atoms with Gasteiger partial charge in [-0.05, 0) is 20.0 Å². The van der Waals surface area contributed by atoms with Crippen LogP contribution in [0.3, 0.4) is 0 Å². The van der Waals surface area contributed by atoms with Crippen LogP contribution in [-0.2, 0) is 15.5 Å². The van der Waals surface area contributed by atoms with Crippen molar-refractivity contribution in [3.05, 3.63) is 29.8 Å². The van der Waals surface area contributed by atoms with E-state index in [2.05, 4.69) is 5.32 Å². The van der Waals surface area contributed by atoms with Gasteiger partial charge in [0.2, 0.25) is 0 Å². The van der Waals surface area contributed by atoms with Gasteiger partial charge in [0.1, 0.15) is 5.75 Å². The first-order valence-corrected chi connectivity index (χ1v) is 7.94. The molecule has 0 spiro atoms. The summed E-state index contributed by atoms with van der Waals surface area (Å²) >= 11 is 0. The van der Waals surface area contributed by atoms with Crippen molar-refractivity contribution in [1.82, 2.24) is 5.32 Å². The molecule has 5 heteroatoms. The molecular weight excluding hydrogens is 262 g/mol. The first-order valence-electron chi connectivity index (χ1n) is 6.45. The maximum Gasteiger partial charge on any atom is 0.124 e. The monoisotopic (exact) mass is 285 g/mol. The van der Waals surface area contributed by atoms with Crippen molar-refractivity contribution in [3.63, 3.8) is 0 Å². The maximum absolute atomic E-state index is 12.0. The second-order valence-corrected chi connectivity index (χ2v) is 5.74. The molecule has 0 bridgehead atoms. The van der Waals surface area contributed by atoms with Crippen LogP contribution in [0.1, 0.15) is 18.5 Å². The summed E-state index contributed by atoms with van der Waals surface area (Å²) < 4.78 is 22.5. The van der Waals surface area contributed by atoms with Gasteiger partial charge in [-0.15, -0.1) is 0 Å². The minimum Gasteiger partial charge on any atom is -0.494 e. The number of nitrogens with one attached hydrogen (secondary N) is 1. The van der Waals surface area contributed by atoms with E-state index in [0.29, 0.717) is 24.7 Å². The van der Waals surface area contributed by atoms with Gasteiger partial charge < -0.3 is 14.8 Å². The van der Waals surface area contributed by atoms with Crippen molar-refractivity contribution in [1.29, 1.82) is 0 Å². The van der Waals surface area contributed by atoms with E-state index in [1.54, 1.807) is 7.11 Å². The van der Waals surface area contributed by atoms with Crippen LogP contribution < -0.4 is 10.1 Å². The van der Waals surface area contributed by atoms with Gasteiger partial charge in [-0.3, -0.25) is 4.21 Å². The molecule has 0 radical (unpaired) electrons. The van der Waals surface area contributed by atoms with Crippen LogP contribution in [0.2, 0.25) is 0 Å². The molecule has 2 unspecified atom stereocenters. The molecule has 4 nitrogen and oxygen atoms in total. The fraction of sp³-hybridized carbons (Fsp3) is 0.571. The quantitative estimate of drug-likeness (QED) is 0.751. The van der Waals surface area contributed by atoms with Crippen molar-refractivity contribution in [2.75, 3.05) is 38.9 Å². The third-order valence-electron chi connectivity index (χ3n) is 2.81. The van der Waals surface area contributed by atoms with E-state index in [1.165, 1.54) is 0 Å². The number of para-hydroxylation sites is 1. The molecule has 0 fully saturated rings. The number of benzene rings is 1. The van der Waals surface area contributed by atoms with E-state index >= 15 is 0 Å². The van der Waals surface area contributed by atoms with Crippen LogP contribution in [0, 0.1) is 0 Å². The van der Waals surface area contributed by atoms with Gasteiger partial charge in [0, 0.05) is 41.0 Å². The third kappa shape index (κ3) is 5.30. The second-order valence-electron chi connectivity index (χ2n) is 4.12. The third-order valence-corrected chi connectivity index (χ3v) is 4.14. The molecule has 1 rings (SSSR count). The summed E-state index contributed by atoms with van der Waals surface area (Å²) in [6, 6.07) is 7.91. The molecular formula is C14H23NO3S. The molecule has 0 aromatic heterocycles. The average molecular weight is 285 g/mol. The molecule has 1 aromatic carbocycles. The normalized spacial score (nSPS) is 14.1. The highest BCUT2D eigenvalue weighted by molar-refractivity contribution is 7.85. The van der Waals surface area contributed by atoms with E-state index in [1.807, 2.05) is 38.2 Å². The summed E-state index contributed by atoms with van der Waals surface area (Å²) in [6.45, 7) is 3.11. The molecule has 0 amide bonds. The first-order chi connectivity index (χ1) is 9.22. The fourth-order valence-corrected chi connectivity index (χ4v) is 3.07. The van der Waals surface area contributed by atoms with Crippen LogP contribution in [0.5, 0.6) is 5.75 Å². The van der Waals surface area contributed by atoms with Crippen LogP contribution in [0.25, 0.3) is 0 Å². The Bertz CT molecular complexity index is 398. The van der Waals surface area contributed by atoms with Crippen LogP contribution in [0.15, 0.2) is 24.3 Å². The number of rotatable bonds is 9. The van der Waals surface area contributed by atoms with Crippen molar-refractivity contribution >= 4 is 10.8 Å². The highest BCUT2D eigenvalue weighted by Gasteiger charge is 2.17. The number of hydrogen-bond donors (Lipinski definition) is 1. The van der Waals surface area contributed by atoms with Crippen molar-refractivity contribution in [2.24, 2.45) is 0 Å². The molecule has 0 saturated carbocycles. The summed E-state index contributed by atoms with van der Waals surface area (Å²) in [5.41, 5.74) is 1.05. The minimum atomic E-state index is -0.906. The molecule has 19 heavy (non-hydrogen) atoms. The number of methoxy groups -OCH3 is 1. The Morgan fingerprint density at radius 3 is 2.74 bits per heavy atom. The maximum atomic E-state index is 12.0. The molecule has 0 aliphatic rings. The lowest BCUT2D eigenvalue weighted by Gasteiger charge is -2.19. The lowest BCUT2D eigenvalue weighted by Crippen LogP contribution is -2.25. The average Bonchev–Trinajstić information content (AvgIpc) is 2.43. The first kappa shape index (κ1) is 16.1. The predicted octanol–water partition coefficient (Wildman–Crippen LogP) is 1.74. The number of ether oxygens (including phenoxy) is 2. The molecule has 1 N–H and O–H groups in total. The summed E-state index contributed by atoms with van der Waals surface area (Å²) in [7, 11) is 2.59. The zero-order valence-electron chi connectivity index (χ0n) is 11.8. The zero-order valence-corrected chi connectivity index (χ0v) is 12.7. The Balaban J connectivity index is 2.76. The highest BCUT2D eigenvalue weighted by Crippen LogP contribution is 2.25. The SMILES string of the molecule is CCOc1ccccc1C(CS(=O)CCOC)NC. The summed E-state index contributed by atoms with van der Waals surface area (Å²) in [5, 5.41) is 3.21. The van der Waals surface area contributed by atoms with Crippen LogP contribution >= 0.6 is 0 Å². The van der Waals surface area contributed by atoms with Gasteiger partial charge in [0.25, 0.3) is 0 Å². The van der Waals surface area contributed by atoms with Gasteiger partial charge in [0.15, 0.2) is 0 Å². The predicted molar refractivity (Wildman–Crippen MR) is 79.2 cm³/mol. The van der Waals surface area contributed by atoms with Gasteiger partial charge in [-0.2, -0.15) is 0 Å². The standard InChI is InChI=1S/C14H23NO3S/c1-4-18-14-8-6-5-7-12(14)13(15-2)11-19(16)10-9-17-3/h5-8,13,15H,4,9-11H2,1-3H3. The lowest BCUT2D eigenvalue weighted by atomic mass is 10.1. The zero-order chi connectivity index (χ0) is 14.1. The smallest absolute Gasteiger partial charge is 0.124 e.